The van der Waals surface area contributed by atoms with Gasteiger partial charge in [0, 0.05) is 34.7 Å². The molecule has 0 aliphatic heterocycles. The first kappa shape index (κ1) is 14.7. The van der Waals surface area contributed by atoms with Gasteiger partial charge in [-0.1, -0.05) is 6.07 Å². The van der Waals surface area contributed by atoms with E-state index < -0.39 is 0 Å². The Kier molecular flexibility index (Phi) is 5.26. The standard InChI is InChI=1S/C15H18N2O2S/c1-11(12-4-3-7-16-9-12)17-10-14-6-5-13(20-14)8-15(18)19-2/h3-7,9,11,17H,8,10H2,1-2H3/t11-/m0/s1. The summed E-state index contributed by atoms with van der Waals surface area (Å²) >= 11 is 1.63. The minimum absolute atomic E-state index is 0.199. The first-order chi connectivity index (χ1) is 9.69. The predicted molar refractivity (Wildman–Crippen MR) is 79.5 cm³/mol. The Balaban J connectivity index is 1.87. The van der Waals surface area contributed by atoms with Gasteiger partial charge in [-0.05, 0) is 30.7 Å². The number of hydrogen-bond donors (Lipinski definition) is 1. The Morgan fingerprint density at radius 3 is 2.90 bits per heavy atom. The largest absolute Gasteiger partial charge is 0.469 e. The maximum absolute atomic E-state index is 11.2. The number of esters is 1. The average Bonchev–Trinajstić information content (AvgIpc) is 2.93. The van der Waals surface area contributed by atoms with Crippen molar-refractivity contribution in [1.29, 1.82) is 0 Å². The highest BCUT2D eigenvalue weighted by atomic mass is 32.1. The molecule has 2 aromatic rings. The molecule has 20 heavy (non-hydrogen) atoms. The van der Waals surface area contributed by atoms with Crippen LogP contribution in [0.3, 0.4) is 0 Å². The third kappa shape index (κ3) is 4.15. The zero-order valence-corrected chi connectivity index (χ0v) is 12.4. The van der Waals surface area contributed by atoms with Crippen LogP contribution in [0.5, 0.6) is 0 Å². The van der Waals surface area contributed by atoms with E-state index in [4.69, 9.17) is 0 Å². The molecule has 2 aromatic heterocycles. The minimum Gasteiger partial charge on any atom is -0.469 e. The molecule has 0 amide bonds. The summed E-state index contributed by atoms with van der Waals surface area (Å²) in [5.41, 5.74) is 1.17. The molecule has 0 radical (unpaired) electrons. The van der Waals surface area contributed by atoms with E-state index in [-0.39, 0.29) is 12.0 Å². The number of rotatable bonds is 6. The first-order valence-electron chi connectivity index (χ1n) is 6.46. The SMILES string of the molecule is COC(=O)Cc1ccc(CN[C@@H](C)c2cccnc2)s1. The second kappa shape index (κ2) is 7.17. The Bertz CT molecular complexity index is 554. The monoisotopic (exact) mass is 290 g/mol. The molecule has 0 bridgehead atoms. The van der Waals surface area contributed by atoms with Gasteiger partial charge in [-0.15, -0.1) is 11.3 Å². The summed E-state index contributed by atoms with van der Waals surface area (Å²) in [5, 5.41) is 3.45. The van der Waals surface area contributed by atoms with Gasteiger partial charge in [0.15, 0.2) is 0 Å². The van der Waals surface area contributed by atoms with Gasteiger partial charge in [-0.2, -0.15) is 0 Å². The Morgan fingerprint density at radius 1 is 1.40 bits per heavy atom. The minimum atomic E-state index is -0.199. The van der Waals surface area contributed by atoms with Crippen LogP contribution in [0.15, 0.2) is 36.7 Å². The molecule has 106 valence electrons. The molecule has 0 saturated carbocycles. The van der Waals surface area contributed by atoms with Crippen LogP contribution in [0.4, 0.5) is 0 Å². The van der Waals surface area contributed by atoms with E-state index in [9.17, 15) is 4.79 Å². The molecule has 0 saturated heterocycles. The molecule has 0 unspecified atom stereocenters. The van der Waals surface area contributed by atoms with E-state index in [1.54, 1.807) is 17.5 Å². The molecule has 2 rings (SSSR count). The van der Waals surface area contributed by atoms with E-state index in [1.165, 1.54) is 17.6 Å². The molecule has 0 spiro atoms. The molecule has 0 fully saturated rings. The van der Waals surface area contributed by atoms with Gasteiger partial charge in [0.2, 0.25) is 0 Å². The van der Waals surface area contributed by atoms with E-state index >= 15 is 0 Å². The van der Waals surface area contributed by atoms with Crippen molar-refractivity contribution >= 4 is 17.3 Å². The summed E-state index contributed by atoms with van der Waals surface area (Å²) in [6, 6.07) is 8.27. The van der Waals surface area contributed by atoms with Crippen LogP contribution in [0.2, 0.25) is 0 Å². The Hall–Kier alpha value is -1.72. The lowest BCUT2D eigenvalue weighted by atomic mass is 10.1. The zero-order valence-electron chi connectivity index (χ0n) is 11.6. The highest BCUT2D eigenvalue weighted by Gasteiger charge is 2.08. The average molecular weight is 290 g/mol. The maximum Gasteiger partial charge on any atom is 0.310 e. The van der Waals surface area contributed by atoms with E-state index in [0.717, 1.165) is 11.4 Å². The number of hydrogen-bond acceptors (Lipinski definition) is 5. The smallest absolute Gasteiger partial charge is 0.310 e. The Morgan fingerprint density at radius 2 is 2.20 bits per heavy atom. The van der Waals surface area contributed by atoms with Gasteiger partial charge >= 0.3 is 5.97 Å². The summed E-state index contributed by atoms with van der Waals surface area (Å²) in [6.45, 7) is 2.89. The van der Waals surface area contributed by atoms with Gasteiger partial charge in [-0.3, -0.25) is 9.78 Å². The number of thiophene rings is 1. The quantitative estimate of drug-likeness (QED) is 0.831. The highest BCUT2D eigenvalue weighted by Crippen LogP contribution is 2.19. The topological polar surface area (TPSA) is 51.2 Å². The number of methoxy groups -OCH3 is 1. The number of carbonyl (C=O) groups excluding carboxylic acids is 1. The molecular weight excluding hydrogens is 272 g/mol. The van der Waals surface area contributed by atoms with Gasteiger partial charge in [0.25, 0.3) is 0 Å². The highest BCUT2D eigenvalue weighted by molar-refractivity contribution is 7.12. The van der Waals surface area contributed by atoms with Crippen molar-refractivity contribution in [2.75, 3.05) is 7.11 Å². The molecular formula is C15H18N2O2S. The normalized spacial score (nSPS) is 12.1. The first-order valence-corrected chi connectivity index (χ1v) is 7.28. The molecule has 0 aromatic carbocycles. The molecule has 0 aliphatic rings. The maximum atomic E-state index is 11.2. The van der Waals surface area contributed by atoms with Gasteiger partial charge < -0.3 is 10.1 Å². The summed E-state index contributed by atoms with van der Waals surface area (Å²) in [4.78, 5) is 17.6. The van der Waals surface area contributed by atoms with Crippen molar-refractivity contribution in [3.8, 4) is 0 Å². The lowest BCUT2D eigenvalue weighted by Gasteiger charge is -2.12. The molecule has 5 heteroatoms. The van der Waals surface area contributed by atoms with Crippen LogP contribution in [0.25, 0.3) is 0 Å². The number of carbonyl (C=O) groups is 1. The fraction of sp³-hybridized carbons (Fsp3) is 0.333. The van der Waals surface area contributed by atoms with Crippen molar-refractivity contribution in [3.63, 3.8) is 0 Å². The molecule has 0 aliphatic carbocycles. The third-order valence-electron chi connectivity index (χ3n) is 3.03. The van der Waals surface area contributed by atoms with Gasteiger partial charge in [0.05, 0.1) is 13.5 Å². The van der Waals surface area contributed by atoms with Gasteiger partial charge in [-0.25, -0.2) is 0 Å². The summed E-state index contributed by atoms with van der Waals surface area (Å²) in [5.74, 6) is -0.199. The van der Waals surface area contributed by atoms with E-state index in [2.05, 4.69) is 28.0 Å². The fourth-order valence-electron chi connectivity index (χ4n) is 1.83. The summed E-state index contributed by atoms with van der Waals surface area (Å²) in [7, 11) is 1.41. The lowest BCUT2D eigenvalue weighted by molar-refractivity contribution is -0.139. The van der Waals surface area contributed by atoms with Crippen LogP contribution in [0.1, 0.15) is 28.3 Å². The van der Waals surface area contributed by atoms with Gasteiger partial charge in [0.1, 0.15) is 0 Å². The number of aromatic nitrogens is 1. The zero-order chi connectivity index (χ0) is 14.4. The molecule has 2 heterocycles. The van der Waals surface area contributed by atoms with Crippen molar-refractivity contribution in [2.24, 2.45) is 0 Å². The lowest BCUT2D eigenvalue weighted by Crippen LogP contribution is -2.17. The van der Waals surface area contributed by atoms with Crippen molar-refractivity contribution in [1.82, 2.24) is 10.3 Å². The van der Waals surface area contributed by atoms with Crippen LogP contribution >= 0.6 is 11.3 Å². The second-order valence-corrected chi connectivity index (χ2v) is 5.76. The number of ether oxygens (including phenoxy) is 1. The second-order valence-electron chi connectivity index (χ2n) is 4.51. The summed E-state index contributed by atoms with van der Waals surface area (Å²) < 4.78 is 4.66. The van der Waals surface area contributed by atoms with Crippen molar-refractivity contribution in [3.05, 3.63) is 52.0 Å². The molecule has 1 atom stereocenters. The predicted octanol–water partition coefficient (Wildman–Crippen LogP) is 2.71. The summed E-state index contributed by atoms with van der Waals surface area (Å²) in [6.07, 6.45) is 3.99. The van der Waals surface area contributed by atoms with Crippen LogP contribution in [-0.4, -0.2) is 18.1 Å². The Labute approximate surface area is 122 Å². The van der Waals surface area contributed by atoms with Crippen LogP contribution < -0.4 is 5.32 Å². The fourth-order valence-corrected chi connectivity index (χ4v) is 2.78. The van der Waals surface area contributed by atoms with E-state index in [0.29, 0.717) is 6.42 Å². The molecule has 1 N–H and O–H groups in total. The number of nitrogens with one attached hydrogen (secondary N) is 1. The third-order valence-corrected chi connectivity index (χ3v) is 4.12. The number of nitrogens with zero attached hydrogens (tertiary/aromatic N) is 1. The number of pyridine rings is 1. The van der Waals surface area contributed by atoms with Crippen LogP contribution in [-0.2, 0) is 22.5 Å². The van der Waals surface area contributed by atoms with Crippen molar-refractivity contribution in [2.45, 2.75) is 25.9 Å². The van der Waals surface area contributed by atoms with Crippen molar-refractivity contribution < 1.29 is 9.53 Å². The molecule has 4 nitrogen and oxygen atoms in total. The van der Waals surface area contributed by atoms with E-state index in [1.807, 2.05) is 24.4 Å². The van der Waals surface area contributed by atoms with Crippen LogP contribution in [0, 0.1) is 0 Å².